The van der Waals surface area contributed by atoms with Crippen LogP contribution in [0.25, 0.3) is 0 Å². The van der Waals surface area contributed by atoms with Crippen molar-refractivity contribution in [3.63, 3.8) is 0 Å². The van der Waals surface area contributed by atoms with Crippen molar-refractivity contribution in [1.82, 2.24) is 9.13 Å². The van der Waals surface area contributed by atoms with Gasteiger partial charge >= 0.3 is 5.69 Å². The normalized spacial score (nSPS) is 10.8. The van der Waals surface area contributed by atoms with Crippen LogP contribution in [0.1, 0.15) is 34.0 Å². The van der Waals surface area contributed by atoms with Crippen LogP contribution in [0, 0.1) is 20.8 Å². The Morgan fingerprint density at radius 1 is 1.05 bits per heavy atom. The van der Waals surface area contributed by atoms with Crippen molar-refractivity contribution in [2.75, 3.05) is 0 Å². The Morgan fingerprint density at radius 3 is 2.10 bits per heavy atom. The van der Waals surface area contributed by atoms with E-state index in [9.17, 15) is 9.59 Å². The molecule has 2 aromatic rings. The summed E-state index contributed by atoms with van der Waals surface area (Å²) >= 11 is 0. The minimum atomic E-state index is -0.136. The predicted octanol–water partition coefficient (Wildman–Crippen LogP) is 2.48. The number of aryl methyl sites for hydroxylation is 4. The van der Waals surface area contributed by atoms with Gasteiger partial charge in [0.05, 0.1) is 6.54 Å². The van der Waals surface area contributed by atoms with Gasteiger partial charge in [-0.1, -0.05) is 17.7 Å². The van der Waals surface area contributed by atoms with Crippen molar-refractivity contribution in [1.29, 1.82) is 0 Å². The monoisotopic (exact) mass is 272 g/mol. The molecule has 4 nitrogen and oxygen atoms in total. The van der Waals surface area contributed by atoms with Crippen LogP contribution in [0.4, 0.5) is 0 Å². The quantitative estimate of drug-likeness (QED) is 0.803. The van der Waals surface area contributed by atoms with Crippen molar-refractivity contribution in [2.24, 2.45) is 0 Å². The Morgan fingerprint density at radius 2 is 1.60 bits per heavy atom. The first-order valence-corrected chi connectivity index (χ1v) is 6.80. The molecule has 1 aromatic heterocycles. The second kappa shape index (κ2) is 5.49. The highest BCUT2D eigenvalue weighted by molar-refractivity contribution is 5.98. The average molecular weight is 272 g/mol. The van der Waals surface area contributed by atoms with Gasteiger partial charge in [0.15, 0.2) is 5.78 Å². The van der Waals surface area contributed by atoms with Gasteiger partial charge in [-0.2, -0.15) is 0 Å². The van der Waals surface area contributed by atoms with Gasteiger partial charge in [-0.05, 0) is 38.8 Å². The molecule has 4 heteroatoms. The molecule has 0 radical (unpaired) electrons. The molecule has 0 atom stereocenters. The van der Waals surface area contributed by atoms with Gasteiger partial charge in [-0.3, -0.25) is 13.9 Å². The molecule has 106 valence electrons. The van der Waals surface area contributed by atoms with Gasteiger partial charge in [0.2, 0.25) is 0 Å². The molecule has 0 aliphatic rings. The molecule has 0 saturated heterocycles. The summed E-state index contributed by atoms with van der Waals surface area (Å²) in [7, 11) is 0. The summed E-state index contributed by atoms with van der Waals surface area (Å²) < 4.78 is 3.05. The molecular formula is C16H20N2O2. The van der Waals surface area contributed by atoms with E-state index in [1.165, 1.54) is 4.57 Å². The van der Waals surface area contributed by atoms with Crippen LogP contribution < -0.4 is 5.69 Å². The summed E-state index contributed by atoms with van der Waals surface area (Å²) in [6.07, 6.45) is 3.38. The molecule has 0 saturated carbocycles. The fourth-order valence-corrected chi connectivity index (χ4v) is 2.67. The third kappa shape index (κ3) is 2.59. The highest BCUT2D eigenvalue weighted by Crippen LogP contribution is 2.17. The lowest BCUT2D eigenvalue weighted by atomic mass is 9.96. The summed E-state index contributed by atoms with van der Waals surface area (Å²) in [5, 5.41) is 0. The molecule has 20 heavy (non-hydrogen) atoms. The molecule has 2 rings (SSSR count). The van der Waals surface area contributed by atoms with Crippen LogP contribution in [-0.2, 0) is 13.1 Å². The maximum absolute atomic E-state index is 12.4. The number of imidazole rings is 1. The Bertz CT molecular complexity index is 685. The molecule has 0 spiro atoms. The third-order valence-corrected chi connectivity index (χ3v) is 3.53. The van der Waals surface area contributed by atoms with Crippen LogP contribution in [0.2, 0.25) is 0 Å². The average Bonchev–Trinajstić information content (AvgIpc) is 2.69. The summed E-state index contributed by atoms with van der Waals surface area (Å²) in [4.78, 5) is 24.4. The van der Waals surface area contributed by atoms with Gasteiger partial charge in [0, 0.05) is 24.5 Å². The highest BCUT2D eigenvalue weighted by atomic mass is 16.2. The van der Waals surface area contributed by atoms with Crippen LogP contribution >= 0.6 is 0 Å². The number of carbonyl (C=O) groups is 1. The first-order chi connectivity index (χ1) is 9.43. The molecule has 0 aliphatic carbocycles. The van der Waals surface area contributed by atoms with Crippen LogP contribution in [0.15, 0.2) is 29.3 Å². The number of ketones is 1. The zero-order valence-corrected chi connectivity index (χ0v) is 12.4. The van der Waals surface area contributed by atoms with E-state index >= 15 is 0 Å². The van der Waals surface area contributed by atoms with E-state index < -0.39 is 0 Å². The number of carbonyl (C=O) groups excluding carboxylic acids is 1. The topological polar surface area (TPSA) is 44.0 Å². The van der Waals surface area contributed by atoms with Crippen molar-refractivity contribution in [2.45, 2.75) is 40.8 Å². The van der Waals surface area contributed by atoms with E-state index in [2.05, 4.69) is 0 Å². The van der Waals surface area contributed by atoms with Crippen LogP contribution in [0.5, 0.6) is 0 Å². The van der Waals surface area contributed by atoms with E-state index in [0.717, 1.165) is 22.3 Å². The fraction of sp³-hybridized carbons (Fsp3) is 0.375. The van der Waals surface area contributed by atoms with E-state index in [1.807, 2.05) is 39.8 Å². The van der Waals surface area contributed by atoms with Crippen molar-refractivity contribution in [3.05, 3.63) is 57.3 Å². The molecule has 0 N–H and O–H groups in total. The standard InChI is InChI=1S/C16H20N2O2/c1-5-17-6-7-18(16(17)20)10-14(19)15-12(3)8-11(2)9-13(15)4/h6-9H,5,10H2,1-4H3. The minimum Gasteiger partial charge on any atom is -0.300 e. The second-order valence-electron chi connectivity index (χ2n) is 5.19. The van der Waals surface area contributed by atoms with E-state index in [-0.39, 0.29) is 18.0 Å². The Kier molecular flexibility index (Phi) is 3.93. The summed E-state index contributed by atoms with van der Waals surface area (Å²) in [6, 6.07) is 4.00. The van der Waals surface area contributed by atoms with Gasteiger partial charge in [-0.15, -0.1) is 0 Å². The highest BCUT2D eigenvalue weighted by Gasteiger charge is 2.14. The zero-order valence-electron chi connectivity index (χ0n) is 12.4. The lowest BCUT2D eigenvalue weighted by Gasteiger charge is -2.10. The number of aromatic nitrogens is 2. The largest absolute Gasteiger partial charge is 0.328 e. The Hall–Kier alpha value is -2.10. The summed E-state index contributed by atoms with van der Waals surface area (Å²) in [5.74, 6) is -0.0176. The number of Topliss-reactive ketones (excluding diaryl/α,β-unsaturated/α-hetero) is 1. The molecule has 0 unspecified atom stereocenters. The minimum absolute atomic E-state index is 0.0176. The molecule has 0 aliphatic heterocycles. The summed E-state index contributed by atoms with van der Waals surface area (Å²) in [6.45, 7) is 8.50. The molecule has 0 bridgehead atoms. The zero-order chi connectivity index (χ0) is 14.9. The lowest BCUT2D eigenvalue weighted by Crippen LogP contribution is -2.26. The summed E-state index contributed by atoms with van der Waals surface area (Å²) in [5.41, 5.74) is 3.67. The van der Waals surface area contributed by atoms with Crippen molar-refractivity contribution >= 4 is 5.78 Å². The maximum Gasteiger partial charge on any atom is 0.328 e. The van der Waals surface area contributed by atoms with Gasteiger partial charge in [0.1, 0.15) is 0 Å². The molecular weight excluding hydrogens is 252 g/mol. The van der Waals surface area contributed by atoms with Crippen molar-refractivity contribution in [3.8, 4) is 0 Å². The van der Waals surface area contributed by atoms with E-state index in [1.54, 1.807) is 17.0 Å². The van der Waals surface area contributed by atoms with Crippen LogP contribution in [-0.4, -0.2) is 14.9 Å². The number of rotatable bonds is 4. The van der Waals surface area contributed by atoms with Gasteiger partial charge in [-0.25, -0.2) is 4.79 Å². The Balaban J connectivity index is 2.33. The fourth-order valence-electron chi connectivity index (χ4n) is 2.67. The molecule has 1 aromatic carbocycles. The number of nitrogens with zero attached hydrogens (tertiary/aromatic N) is 2. The molecule has 0 fully saturated rings. The van der Waals surface area contributed by atoms with Gasteiger partial charge in [0.25, 0.3) is 0 Å². The maximum atomic E-state index is 12.4. The third-order valence-electron chi connectivity index (χ3n) is 3.53. The SMILES string of the molecule is CCn1ccn(CC(=O)c2c(C)cc(C)cc2C)c1=O. The second-order valence-corrected chi connectivity index (χ2v) is 5.19. The first kappa shape index (κ1) is 14.3. The molecule has 0 amide bonds. The van der Waals surface area contributed by atoms with E-state index in [0.29, 0.717) is 6.54 Å². The lowest BCUT2D eigenvalue weighted by molar-refractivity contribution is 0.0969. The first-order valence-electron chi connectivity index (χ1n) is 6.80. The number of hydrogen-bond donors (Lipinski definition) is 0. The number of hydrogen-bond acceptors (Lipinski definition) is 2. The van der Waals surface area contributed by atoms with Crippen molar-refractivity contribution < 1.29 is 4.79 Å². The number of benzene rings is 1. The van der Waals surface area contributed by atoms with E-state index in [4.69, 9.17) is 0 Å². The van der Waals surface area contributed by atoms with Gasteiger partial charge < -0.3 is 0 Å². The smallest absolute Gasteiger partial charge is 0.300 e. The Labute approximate surface area is 118 Å². The van der Waals surface area contributed by atoms with Crippen LogP contribution in [0.3, 0.4) is 0 Å². The molecule has 1 heterocycles. The predicted molar refractivity (Wildman–Crippen MR) is 79.3 cm³/mol.